The van der Waals surface area contributed by atoms with Crippen molar-refractivity contribution in [1.29, 1.82) is 0 Å². The van der Waals surface area contributed by atoms with Gasteiger partial charge in [-0.3, -0.25) is 9.89 Å². The third-order valence-electron chi connectivity index (χ3n) is 6.13. The molecule has 0 radical (unpaired) electrons. The molecule has 5 rings (SSSR count). The van der Waals surface area contributed by atoms with Gasteiger partial charge < -0.3 is 10.2 Å². The van der Waals surface area contributed by atoms with Crippen LogP contribution in [0.5, 0.6) is 0 Å². The number of ketones is 1. The Bertz CT molecular complexity index is 1260. The molecular weight excluding hydrogens is 508 g/mol. The number of anilines is 3. The number of H-pyrrole nitrogens is 1. The number of nitrogens with one attached hydrogen (secondary N) is 2. The summed E-state index contributed by atoms with van der Waals surface area (Å²) < 4.78 is 52.2. The normalized spacial score (nSPS) is 16.6. The van der Waals surface area contributed by atoms with Gasteiger partial charge in [0.05, 0.1) is 13.1 Å². The Morgan fingerprint density at radius 2 is 1.89 bits per heavy atom. The van der Waals surface area contributed by atoms with Gasteiger partial charge in [-0.25, -0.2) is 14.4 Å². The molecule has 2 fully saturated rings. The first kappa shape index (κ1) is 26.9. The summed E-state index contributed by atoms with van der Waals surface area (Å²) in [5, 5.41) is 10.6. The van der Waals surface area contributed by atoms with Crippen molar-refractivity contribution >= 4 is 35.0 Å². The number of alkyl halides is 4. The smallest absolute Gasteiger partial charge is 0.350 e. The summed E-state index contributed by atoms with van der Waals surface area (Å²) in [4.78, 5) is 23.4. The lowest BCUT2D eigenvalue weighted by atomic mass is 9.91. The zero-order chi connectivity index (χ0) is 25.5. The van der Waals surface area contributed by atoms with Crippen LogP contribution in [0.25, 0.3) is 0 Å². The van der Waals surface area contributed by atoms with Crippen molar-refractivity contribution in [3.63, 3.8) is 0 Å². The van der Waals surface area contributed by atoms with Crippen LogP contribution in [0, 0.1) is 12.8 Å². The van der Waals surface area contributed by atoms with Crippen LogP contribution in [0.3, 0.4) is 0 Å². The SMILES string of the molecule is C.Cc1cc(Nc2cc(N3CC(F)(C4CC4)C3)nc(Sc3ccc(CC(=O)CC(F)(F)F)cc3)n2)n[nH]1.[HH].[HH]. The maximum absolute atomic E-state index is 14.9. The topological polar surface area (TPSA) is 86.8 Å². The molecule has 1 saturated heterocycles. The molecule has 2 aliphatic rings. The second-order valence-electron chi connectivity index (χ2n) is 9.37. The molecule has 0 bridgehead atoms. The lowest BCUT2D eigenvalue weighted by Gasteiger charge is -2.45. The molecule has 202 valence electrons. The average molecular weight is 541 g/mol. The van der Waals surface area contributed by atoms with Gasteiger partial charge in [0, 0.05) is 32.0 Å². The highest BCUT2D eigenvalue weighted by Crippen LogP contribution is 2.48. The first-order valence-corrected chi connectivity index (χ1v) is 12.3. The number of halogens is 4. The van der Waals surface area contributed by atoms with Crippen molar-refractivity contribution in [2.75, 3.05) is 23.3 Å². The fraction of sp³-hybridized carbons (Fsp3) is 0.440. The minimum atomic E-state index is -4.51. The highest BCUT2D eigenvalue weighted by atomic mass is 32.2. The van der Waals surface area contributed by atoms with Gasteiger partial charge in [-0.1, -0.05) is 19.6 Å². The van der Waals surface area contributed by atoms with E-state index in [-0.39, 0.29) is 22.6 Å². The monoisotopic (exact) mass is 540 g/mol. The van der Waals surface area contributed by atoms with Crippen LogP contribution in [0.2, 0.25) is 0 Å². The molecule has 0 amide bonds. The zero-order valence-corrected chi connectivity index (χ0v) is 20.2. The Balaban J connectivity index is 0.00000178. The number of Topliss-reactive ketones (excluding diaryl/α,β-unsaturated/α-hetero) is 1. The molecule has 1 aliphatic heterocycles. The fourth-order valence-electron chi connectivity index (χ4n) is 4.20. The van der Waals surface area contributed by atoms with E-state index in [1.165, 1.54) is 11.8 Å². The summed E-state index contributed by atoms with van der Waals surface area (Å²) in [6, 6.07) is 10.3. The van der Waals surface area contributed by atoms with E-state index < -0.39 is 24.0 Å². The standard InChI is InChI=1S/C24H24F4N6OS.CH4.2H2/c1-14-8-20(33-32-14)29-19-10-21(34-12-23(25,13-34)16-4-5-16)31-22(30-19)36-18-6-2-15(3-7-18)9-17(35)11-24(26,27)28;;;/h2-3,6-8,10,16H,4-5,9,11-13H2,1H3,(H2,29,30,31,32,33);1H4;2*1H. The van der Waals surface area contributed by atoms with E-state index in [1.807, 2.05) is 17.9 Å². The van der Waals surface area contributed by atoms with E-state index >= 15 is 0 Å². The number of carbonyl (C=O) groups is 1. The molecule has 12 heteroatoms. The Kier molecular flexibility index (Phi) is 7.50. The van der Waals surface area contributed by atoms with Gasteiger partial charge in [-0.15, -0.1) is 0 Å². The van der Waals surface area contributed by atoms with Crippen LogP contribution in [0.4, 0.5) is 35.0 Å². The highest BCUT2D eigenvalue weighted by molar-refractivity contribution is 7.99. The van der Waals surface area contributed by atoms with Crippen LogP contribution >= 0.6 is 11.8 Å². The van der Waals surface area contributed by atoms with Crippen LogP contribution in [0.1, 0.15) is 40.8 Å². The van der Waals surface area contributed by atoms with Crippen LogP contribution in [-0.4, -0.2) is 50.9 Å². The van der Waals surface area contributed by atoms with Crippen molar-refractivity contribution in [2.45, 2.75) is 61.9 Å². The number of hydrogen-bond acceptors (Lipinski definition) is 7. The second-order valence-corrected chi connectivity index (χ2v) is 10.4. The van der Waals surface area contributed by atoms with Crippen LogP contribution in [0.15, 0.2) is 46.5 Å². The maximum Gasteiger partial charge on any atom is 0.395 e. The molecule has 0 atom stereocenters. The predicted molar refractivity (Wildman–Crippen MR) is 138 cm³/mol. The lowest BCUT2D eigenvalue weighted by molar-refractivity contribution is -0.151. The molecule has 3 heterocycles. The molecule has 2 aromatic heterocycles. The summed E-state index contributed by atoms with van der Waals surface area (Å²) in [6.45, 7) is 2.46. The van der Waals surface area contributed by atoms with Crippen molar-refractivity contribution in [2.24, 2.45) is 5.92 Å². The number of aromatic nitrogens is 4. The van der Waals surface area contributed by atoms with Gasteiger partial charge in [0.1, 0.15) is 29.5 Å². The summed E-state index contributed by atoms with van der Waals surface area (Å²) in [5.41, 5.74) is 0.217. The third kappa shape index (κ3) is 6.79. The van der Waals surface area contributed by atoms with E-state index in [0.717, 1.165) is 23.4 Å². The summed E-state index contributed by atoms with van der Waals surface area (Å²) in [5.74, 6) is 0.947. The number of nitrogens with zero attached hydrogens (tertiary/aromatic N) is 4. The second kappa shape index (κ2) is 10.3. The van der Waals surface area contributed by atoms with E-state index in [2.05, 4.69) is 25.5 Å². The predicted octanol–water partition coefficient (Wildman–Crippen LogP) is 6.53. The van der Waals surface area contributed by atoms with E-state index in [9.17, 15) is 22.4 Å². The number of rotatable bonds is 9. The van der Waals surface area contributed by atoms with Gasteiger partial charge >= 0.3 is 6.18 Å². The Labute approximate surface area is 219 Å². The molecular formula is C25H32F4N6OS. The molecule has 1 aliphatic carbocycles. The Hall–Kier alpha value is -3.15. The molecule has 1 saturated carbocycles. The van der Waals surface area contributed by atoms with Crippen molar-refractivity contribution in [3.8, 4) is 0 Å². The van der Waals surface area contributed by atoms with Gasteiger partial charge in [-0.05, 0) is 55.1 Å². The van der Waals surface area contributed by atoms with Crippen LogP contribution < -0.4 is 10.2 Å². The Morgan fingerprint density at radius 3 is 2.49 bits per heavy atom. The average Bonchev–Trinajstić information content (AvgIpc) is 3.54. The zero-order valence-electron chi connectivity index (χ0n) is 19.4. The molecule has 2 N–H and O–H groups in total. The number of hydrogen-bond donors (Lipinski definition) is 2. The summed E-state index contributed by atoms with van der Waals surface area (Å²) in [7, 11) is 0. The minimum absolute atomic E-state index is 0. The first-order chi connectivity index (χ1) is 17.0. The van der Waals surface area contributed by atoms with E-state index in [4.69, 9.17) is 0 Å². The van der Waals surface area contributed by atoms with Gasteiger partial charge in [0.25, 0.3) is 0 Å². The van der Waals surface area contributed by atoms with Gasteiger partial charge in [0.2, 0.25) is 0 Å². The van der Waals surface area contributed by atoms with Crippen molar-refractivity contribution in [3.05, 3.63) is 47.7 Å². The van der Waals surface area contributed by atoms with E-state index in [0.29, 0.717) is 41.3 Å². The largest absolute Gasteiger partial charge is 0.395 e. The molecule has 0 unspecified atom stereocenters. The third-order valence-corrected chi connectivity index (χ3v) is 7.00. The lowest BCUT2D eigenvalue weighted by Crippen LogP contribution is -2.60. The summed E-state index contributed by atoms with van der Waals surface area (Å²) >= 11 is 1.26. The van der Waals surface area contributed by atoms with Gasteiger partial charge in [0.15, 0.2) is 11.0 Å². The number of aromatic amines is 1. The van der Waals surface area contributed by atoms with Crippen LogP contribution in [-0.2, 0) is 11.2 Å². The molecule has 7 nitrogen and oxygen atoms in total. The maximum atomic E-state index is 14.9. The Morgan fingerprint density at radius 1 is 1.19 bits per heavy atom. The van der Waals surface area contributed by atoms with Gasteiger partial charge in [-0.2, -0.15) is 18.3 Å². The number of carbonyl (C=O) groups excluding carboxylic acids is 1. The molecule has 37 heavy (non-hydrogen) atoms. The quantitative estimate of drug-likeness (QED) is 0.236. The van der Waals surface area contributed by atoms with Crippen molar-refractivity contribution in [1.82, 2.24) is 20.2 Å². The van der Waals surface area contributed by atoms with E-state index in [1.54, 1.807) is 30.3 Å². The highest BCUT2D eigenvalue weighted by Gasteiger charge is 2.54. The minimum Gasteiger partial charge on any atom is -0.350 e. The molecule has 0 spiro atoms. The number of benzene rings is 1. The molecule has 3 aromatic rings. The molecule has 1 aromatic carbocycles. The number of aryl methyl sites for hydroxylation is 1. The fourth-order valence-corrected chi connectivity index (χ4v) is 4.97. The first-order valence-electron chi connectivity index (χ1n) is 11.5. The summed E-state index contributed by atoms with van der Waals surface area (Å²) in [6.07, 6.45) is -4.37. The van der Waals surface area contributed by atoms with Crippen molar-refractivity contribution < 1.29 is 25.2 Å².